The van der Waals surface area contributed by atoms with Crippen LogP contribution in [-0.2, 0) is 17.8 Å². The van der Waals surface area contributed by atoms with E-state index in [2.05, 4.69) is 20.2 Å². The van der Waals surface area contributed by atoms with Crippen molar-refractivity contribution in [2.75, 3.05) is 13.1 Å². The quantitative estimate of drug-likeness (QED) is 0.762. The number of ketones is 1. The first kappa shape index (κ1) is 18.8. The van der Waals surface area contributed by atoms with Gasteiger partial charge in [0, 0.05) is 24.8 Å². The second-order valence-electron chi connectivity index (χ2n) is 7.02. The van der Waals surface area contributed by atoms with E-state index in [1.165, 1.54) is 11.3 Å². The summed E-state index contributed by atoms with van der Waals surface area (Å²) in [5, 5.41) is 5.08. The number of likely N-dealkylation sites (tertiary alicyclic amines) is 1. The average molecular weight is 375 g/mol. The summed E-state index contributed by atoms with van der Waals surface area (Å²) >= 11 is 1.41. The van der Waals surface area contributed by atoms with Gasteiger partial charge in [-0.15, -0.1) is 11.3 Å². The van der Waals surface area contributed by atoms with Gasteiger partial charge in [-0.05, 0) is 50.2 Å². The molecule has 0 radical (unpaired) electrons. The van der Waals surface area contributed by atoms with Crippen molar-refractivity contribution < 1.29 is 9.59 Å². The molecule has 0 bridgehead atoms. The zero-order valence-electron chi connectivity index (χ0n) is 15.4. The van der Waals surface area contributed by atoms with Gasteiger partial charge < -0.3 is 10.3 Å². The Morgan fingerprint density at radius 3 is 2.96 bits per heavy atom. The van der Waals surface area contributed by atoms with Crippen LogP contribution in [0.1, 0.15) is 52.8 Å². The molecule has 1 atom stereocenters. The van der Waals surface area contributed by atoms with E-state index < -0.39 is 0 Å². The van der Waals surface area contributed by atoms with Crippen LogP contribution in [0, 0.1) is 6.92 Å². The third-order valence-corrected chi connectivity index (χ3v) is 5.87. The summed E-state index contributed by atoms with van der Waals surface area (Å²) in [4.78, 5) is 34.4. The van der Waals surface area contributed by atoms with Crippen molar-refractivity contribution in [2.24, 2.45) is 0 Å². The highest BCUT2D eigenvalue weighted by molar-refractivity contribution is 7.12. The monoisotopic (exact) mass is 374 g/mol. The molecule has 140 valence electrons. The molecule has 0 saturated carbocycles. The molecule has 1 aliphatic rings. The summed E-state index contributed by atoms with van der Waals surface area (Å²) in [7, 11) is 0. The van der Waals surface area contributed by atoms with E-state index in [9.17, 15) is 9.59 Å². The lowest BCUT2D eigenvalue weighted by molar-refractivity contribution is -0.121. The number of amides is 1. The minimum Gasteiger partial charge on any atom is -0.352 e. The fourth-order valence-corrected chi connectivity index (χ4v) is 4.17. The molecule has 2 aromatic heterocycles. The smallest absolute Gasteiger partial charge is 0.224 e. The first-order valence-electron chi connectivity index (χ1n) is 9.10. The third-order valence-electron chi connectivity index (χ3n) is 4.79. The maximum Gasteiger partial charge on any atom is 0.224 e. The normalized spacial score (nSPS) is 18.5. The predicted octanol–water partition coefficient (Wildman–Crippen LogP) is 2.70. The summed E-state index contributed by atoms with van der Waals surface area (Å²) in [5.74, 6) is 0.0791. The van der Waals surface area contributed by atoms with Gasteiger partial charge in [-0.3, -0.25) is 14.5 Å². The number of rotatable bonds is 6. The average Bonchev–Trinajstić information content (AvgIpc) is 3.14. The maximum atomic E-state index is 12.4. The second kappa shape index (κ2) is 8.60. The van der Waals surface area contributed by atoms with Crippen LogP contribution in [0.25, 0.3) is 0 Å². The van der Waals surface area contributed by atoms with Gasteiger partial charge >= 0.3 is 0 Å². The predicted molar refractivity (Wildman–Crippen MR) is 102 cm³/mol. The van der Waals surface area contributed by atoms with Crippen LogP contribution in [0.4, 0.5) is 0 Å². The molecule has 1 saturated heterocycles. The van der Waals surface area contributed by atoms with Gasteiger partial charge in [0.2, 0.25) is 5.91 Å². The molecule has 0 aliphatic carbocycles. The molecule has 3 heterocycles. The molecule has 1 fully saturated rings. The van der Waals surface area contributed by atoms with Gasteiger partial charge in [0.15, 0.2) is 5.78 Å². The Labute approximate surface area is 158 Å². The number of nitrogens with zero attached hydrogens (tertiary/aromatic N) is 2. The minimum atomic E-state index is 0.0284. The Balaban J connectivity index is 1.54. The van der Waals surface area contributed by atoms with Gasteiger partial charge in [-0.2, -0.15) is 0 Å². The van der Waals surface area contributed by atoms with E-state index in [0.717, 1.165) is 55.8 Å². The van der Waals surface area contributed by atoms with Gasteiger partial charge in [0.25, 0.3) is 0 Å². The maximum absolute atomic E-state index is 12.4. The molecule has 0 spiro atoms. The number of Topliss-reactive ketones (excluding diaryl/α,β-unsaturated/α-hetero) is 1. The van der Waals surface area contributed by atoms with Crippen LogP contribution in [0.2, 0.25) is 0 Å². The van der Waals surface area contributed by atoms with Crippen molar-refractivity contribution in [3.63, 3.8) is 0 Å². The zero-order chi connectivity index (χ0) is 18.5. The molecule has 1 amide bonds. The number of carbonyl (C=O) groups is 2. The molecule has 26 heavy (non-hydrogen) atoms. The first-order valence-corrected chi connectivity index (χ1v) is 9.98. The van der Waals surface area contributed by atoms with Crippen LogP contribution < -0.4 is 5.32 Å². The first-order chi connectivity index (χ1) is 12.5. The highest BCUT2D eigenvalue weighted by Crippen LogP contribution is 2.17. The van der Waals surface area contributed by atoms with E-state index in [4.69, 9.17) is 0 Å². The van der Waals surface area contributed by atoms with Gasteiger partial charge in [-0.25, -0.2) is 4.98 Å². The van der Waals surface area contributed by atoms with E-state index in [1.54, 1.807) is 13.3 Å². The molecule has 1 aliphatic heterocycles. The summed E-state index contributed by atoms with van der Waals surface area (Å²) in [6, 6.07) is 1.99. The van der Waals surface area contributed by atoms with Crippen molar-refractivity contribution in [2.45, 2.75) is 52.1 Å². The van der Waals surface area contributed by atoms with Crippen molar-refractivity contribution in [3.8, 4) is 0 Å². The number of hydrogen-bond donors (Lipinski definition) is 2. The molecular weight excluding hydrogens is 348 g/mol. The largest absolute Gasteiger partial charge is 0.352 e. The lowest BCUT2D eigenvalue weighted by Crippen LogP contribution is -2.43. The summed E-state index contributed by atoms with van der Waals surface area (Å²) < 4.78 is 0. The lowest BCUT2D eigenvalue weighted by Gasteiger charge is -2.24. The Morgan fingerprint density at radius 2 is 2.27 bits per heavy atom. The van der Waals surface area contributed by atoms with E-state index >= 15 is 0 Å². The van der Waals surface area contributed by atoms with Crippen molar-refractivity contribution in [1.82, 2.24) is 20.2 Å². The zero-order valence-corrected chi connectivity index (χ0v) is 16.2. The number of aromatic amines is 1. The molecular formula is C19H26N4O2S. The Morgan fingerprint density at radius 1 is 1.42 bits per heavy atom. The van der Waals surface area contributed by atoms with Crippen LogP contribution in [-0.4, -0.2) is 45.7 Å². The molecule has 0 unspecified atom stereocenters. The van der Waals surface area contributed by atoms with Crippen molar-refractivity contribution in [3.05, 3.63) is 39.6 Å². The van der Waals surface area contributed by atoms with Crippen LogP contribution >= 0.6 is 11.3 Å². The van der Waals surface area contributed by atoms with Gasteiger partial charge in [0.1, 0.15) is 0 Å². The van der Waals surface area contributed by atoms with Gasteiger partial charge in [0.05, 0.1) is 23.3 Å². The number of carbonyl (C=O) groups excluding carboxylic acids is 2. The molecule has 3 rings (SSSR count). The number of H-pyrrole nitrogens is 1. The SMILES string of the molecule is CC(=O)c1cc(CC(=O)N[C@H]2CCCCN(Cc3nc[nH]c3C)C2)cs1. The molecule has 2 N–H and O–H groups in total. The Bertz CT molecular complexity index is 767. The standard InChI is InChI=1S/C19H26N4O2S/c1-13-17(21-12-20-13)10-23-6-4-3-5-16(9-23)22-19(25)8-15-7-18(14(2)24)26-11-15/h7,11-12,16H,3-6,8-10H2,1-2H3,(H,20,21)(H,22,25)/t16-/m0/s1. The molecule has 6 nitrogen and oxygen atoms in total. The van der Waals surface area contributed by atoms with Crippen LogP contribution in [0.15, 0.2) is 17.8 Å². The van der Waals surface area contributed by atoms with Crippen molar-refractivity contribution >= 4 is 23.0 Å². The van der Waals surface area contributed by atoms with Crippen molar-refractivity contribution in [1.29, 1.82) is 0 Å². The van der Waals surface area contributed by atoms with Gasteiger partial charge in [-0.1, -0.05) is 6.42 Å². The van der Waals surface area contributed by atoms with E-state index in [1.807, 2.05) is 18.4 Å². The topological polar surface area (TPSA) is 78.1 Å². The summed E-state index contributed by atoms with van der Waals surface area (Å²) in [6.45, 7) is 6.28. The minimum absolute atomic E-state index is 0.0284. The Hall–Kier alpha value is -1.99. The van der Waals surface area contributed by atoms with Crippen LogP contribution in [0.5, 0.6) is 0 Å². The molecule has 7 heteroatoms. The second-order valence-corrected chi connectivity index (χ2v) is 7.93. The highest BCUT2D eigenvalue weighted by atomic mass is 32.1. The van der Waals surface area contributed by atoms with E-state index in [-0.39, 0.29) is 17.7 Å². The number of imidazole rings is 1. The summed E-state index contributed by atoms with van der Waals surface area (Å²) in [6.07, 6.45) is 5.33. The number of nitrogens with one attached hydrogen (secondary N) is 2. The molecule has 0 aromatic carbocycles. The Kier molecular flexibility index (Phi) is 6.21. The number of thiophene rings is 1. The number of aryl methyl sites for hydroxylation is 1. The highest BCUT2D eigenvalue weighted by Gasteiger charge is 2.21. The lowest BCUT2D eigenvalue weighted by atomic mass is 10.1. The number of aromatic nitrogens is 2. The van der Waals surface area contributed by atoms with E-state index in [0.29, 0.717) is 11.3 Å². The number of hydrogen-bond acceptors (Lipinski definition) is 5. The fraction of sp³-hybridized carbons (Fsp3) is 0.526. The fourth-order valence-electron chi connectivity index (χ4n) is 3.36. The summed E-state index contributed by atoms with van der Waals surface area (Å²) in [5.41, 5.74) is 3.09. The molecule has 2 aromatic rings. The third kappa shape index (κ3) is 5.02. The van der Waals surface area contributed by atoms with Crippen LogP contribution in [0.3, 0.4) is 0 Å².